The van der Waals surface area contributed by atoms with Crippen molar-refractivity contribution in [1.82, 2.24) is 0 Å². The van der Waals surface area contributed by atoms with Crippen molar-refractivity contribution in [1.29, 1.82) is 0 Å². The second kappa shape index (κ2) is 35.4. The van der Waals surface area contributed by atoms with Crippen LogP contribution in [-0.4, -0.2) is 71.0 Å². The molecule has 1 radical (unpaired) electrons. The normalized spacial score (nSPS) is 12.1. The van der Waals surface area contributed by atoms with Gasteiger partial charge in [0.2, 0.25) is 0 Å². The third kappa shape index (κ3) is 33.7. The predicted octanol–water partition coefficient (Wildman–Crippen LogP) is 10.1. The van der Waals surface area contributed by atoms with E-state index in [4.69, 9.17) is 18.7 Å². The summed E-state index contributed by atoms with van der Waals surface area (Å²) in [4.78, 5) is 24.7. The first-order valence-corrected chi connectivity index (χ1v) is 19.8. The van der Waals surface area contributed by atoms with Crippen LogP contribution in [0, 0.1) is 0 Å². The maximum absolute atomic E-state index is 13.0. The standard InChI is InChI=1S/C35H69O8P.Na/c1-3-5-7-9-11-13-15-17-19-21-23-25-27-29-34(38)42-44(40,41-32-33(37)31-36)43-35(39)30-28-26-24-22-20-18-16-14-12-10-8-6-4-2;/h33,36-37H,3-32H2,1-2H3;/t33-;/m1./s1. The smallest absolute Gasteiger partial charge is 0.394 e. The second-order valence-corrected chi connectivity index (χ2v) is 14.0. The van der Waals surface area contributed by atoms with Crippen molar-refractivity contribution in [3.05, 3.63) is 0 Å². The molecule has 0 bridgehead atoms. The number of hydrogen-bond acceptors (Lipinski definition) is 8. The number of carbonyl (C=O) groups excluding carboxylic acids is 2. The molecular formula is C35H69NaO8P. The van der Waals surface area contributed by atoms with Gasteiger partial charge in [-0.15, -0.1) is 0 Å². The summed E-state index contributed by atoms with van der Waals surface area (Å²) in [6.07, 6.45) is 29.4. The van der Waals surface area contributed by atoms with Gasteiger partial charge in [0.05, 0.1) is 13.2 Å². The van der Waals surface area contributed by atoms with E-state index in [1.54, 1.807) is 0 Å². The van der Waals surface area contributed by atoms with Crippen molar-refractivity contribution >= 4 is 49.3 Å². The summed E-state index contributed by atoms with van der Waals surface area (Å²) >= 11 is 0. The average Bonchev–Trinajstić information content (AvgIpc) is 3.00. The number of hydrogen-bond donors (Lipinski definition) is 2. The van der Waals surface area contributed by atoms with Crippen LogP contribution in [0.2, 0.25) is 0 Å². The Labute approximate surface area is 298 Å². The quantitative estimate of drug-likeness (QED) is 0.0394. The van der Waals surface area contributed by atoms with Crippen LogP contribution >= 0.6 is 7.82 Å². The van der Waals surface area contributed by atoms with Gasteiger partial charge in [0.15, 0.2) is 0 Å². The topological polar surface area (TPSA) is 119 Å². The van der Waals surface area contributed by atoms with Crippen molar-refractivity contribution in [2.24, 2.45) is 0 Å². The van der Waals surface area contributed by atoms with Crippen LogP contribution in [0.15, 0.2) is 0 Å². The summed E-state index contributed by atoms with van der Waals surface area (Å²) in [5.41, 5.74) is 0. The Morgan fingerprint density at radius 1 is 0.533 bits per heavy atom. The minimum atomic E-state index is -4.54. The third-order valence-corrected chi connectivity index (χ3v) is 9.35. The molecule has 0 aliphatic carbocycles. The zero-order chi connectivity index (χ0) is 32.6. The molecule has 0 aliphatic rings. The molecule has 0 aliphatic heterocycles. The van der Waals surface area contributed by atoms with Gasteiger partial charge in [-0.05, 0) is 12.8 Å². The van der Waals surface area contributed by atoms with E-state index in [1.165, 1.54) is 116 Å². The van der Waals surface area contributed by atoms with Crippen LogP contribution in [0.25, 0.3) is 0 Å². The van der Waals surface area contributed by atoms with E-state index >= 15 is 0 Å². The molecule has 0 amide bonds. The van der Waals surface area contributed by atoms with Crippen LogP contribution in [-0.2, 0) is 27.7 Å². The van der Waals surface area contributed by atoms with Gasteiger partial charge in [-0.2, -0.15) is 0 Å². The summed E-state index contributed by atoms with van der Waals surface area (Å²) in [6, 6.07) is 0. The van der Waals surface area contributed by atoms with Crippen LogP contribution in [0.5, 0.6) is 0 Å². The molecule has 0 aromatic heterocycles. The Hall–Kier alpha value is 0.0500. The number of aliphatic hydroxyl groups excluding tert-OH is 2. The van der Waals surface area contributed by atoms with Gasteiger partial charge in [-0.3, -0.25) is 14.1 Å². The van der Waals surface area contributed by atoms with Crippen molar-refractivity contribution in [3.8, 4) is 0 Å². The Morgan fingerprint density at radius 2 is 0.800 bits per heavy atom. The first-order valence-electron chi connectivity index (χ1n) is 18.3. The third-order valence-electron chi connectivity index (χ3n) is 8.03. The first-order chi connectivity index (χ1) is 21.4. The zero-order valence-electron chi connectivity index (χ0n) is 29.6. The van der Waals surface area contributed by atoms with Gasteiger partial charge in [-0.1, -0.05) is 168 Å². The second-order valence-electron chi connectivity index (χ2n) is 12.5. The Morgan fingerprint density at radius 3 is 1.07 bits per heavy atom. The van der Waals surface area contributed by atoms with Crippen molar-refractivity contribution in [2.45, 2.75) is 200 Å². The van der Waals surface area contributed by atoms with Crippen molar-refractivity contribution < 1.29 is 37.9 Å². The van der Waals surface area contributed by atoms with E-state index in [9.17, 15) is 19.3 Å². The molecule has 0 spiro atoms. The summed E-state index contributed by atoms with van der Waals surface area (Å²) < 4.78 is 28.0. The average molecular weight is 672 g/mol. The van der Waals surface area contributed by atoms with Crippen LogP contribution in [0.4, 0.5) is 0 Å². The number of carbonyl (C=O) groups is 2. The maximum Gasteiger partial charge on any atom is 0.592 e. The molecule has 1 atom stereocenters. The molecule has 0 fully saturated rings. The predicted molar refractivity (Wildman–Crippen MR) is 185 cm³/mol. The van der Waals surface area contributed by atoms with Crippen LogP contribution < -0.4 is 0 Å². The molecule has 0 heterocycles. The molecule has 0 saturated carbocycles. The molecule has 45 heavy (non-hydrogen) atoms. The molecule has 263 valence electrons. The number of phosphoric ester groups is 1. The molecule has 0 saturated heterocycles. The van der Waals surface area contributed by atoms with Gasteiger partial charge >= 0.3 is 19.8 Å². The molecule has 2 N–H and O–H groups in total. The Bertz CT molecular complexity index is 661. The molecule has 8 nitrogen and oxygen atoms in total. The van der Waals surface area contributed by atoms with Gasteiger partial charge in [-0.25, -0.2) is 4.57 Å². The van der Waals surface area contributed by atoms with E-state index in [-0.39, 0.29) is 42.4 Å². The van der Waals surface area contributed by atoms with Gasteiger partial charge in [0.1, 0.15) is 6.10 Å². The van der Waals surface area contributed by atoms with Gasteiger partial charge < -0.3 is 19.3 Å². The fourth-order valence-electron chi connectivity index (χ4n) is 5.22. The van der Waals surface area contributed by atoms with E-state index in [2.05, 4.69) is 13.8 Å². The van der Waals surface area contributed by atoms with Crippen LogP contribution in [0.3, 0.4) is 0 Å². The number of rotatable bonds is 34. The number of aliphatic hydroxyl groups is 2. The molecule has 10 heteroatoms. The van der Waals surface area contributed by atoms with E-state index in [0.29, 0.717) is 12.8 Å². The largest absolute Gasteiger partial charge is 0.592 e. The number of phosphoric acid groups is 1. The monoisotopic (exact) mass is 671 g/mol. The SMILES string of the molecule is CCCCCCCCCCCCCCCC(=O)OP(=O)(OC[C@H](O)CO)OC(=O)CCCCCCCCCCCCCCC.[Na]. The summed E-state index contributed by atoms with van der Waals surface area (Å²) in [7, 11) is -4.54. The van der Waals surface area contributed by atoms with Crippen molar-refractivity contribution in [2.75, 3.05) is 13.2 Å². The zero-order valence-corrected chi connectivity index (χ0v) is 32.5. The summed E-state index contributed by atoms with van der Waals surface area (Å²) in [5.74, 6) is -1.52. The van der Waals surface area contributed by atoms with E-state index in [1.807, 2.05) is 0 Å². The molecular weight excluding hydrogens is 602 g/mol. The fourth-order valence-corrected chi connectivity index (χ4v) is 6.39. The van der Waals surface area contributed by atoms with Crippen molar-refractivity contribution in [3.63, 3.8) is 0 Å². The Kier molecular flexibility index (Phi) is 37.1. The summed E-state index contributed by atoms with van der Waals surface area (Å²) in [6.45, 7) is 3.27. The van der Waals surface area contributed by atoms with E-state index < -0.39 is 39.1 Å². The minimum Gasteiger partial charge on any atom is -0.394 e. The minimum absolute atomic E-state index is 0. The molecule has 0 aromatic rings. The molecule has 0 unspecified atom stereocenters. The van der Waals surface area contributed by atoms with Gasteiger partial charge in [0.25, 0.3) is 0 Å². The van der Waals surface area contributed by atoms with Gasteiger partial charge in [0, 0.05) is 42.4 Å². The van der Waals surface area contributed by atoms with E-state index in [0.717, 1.165) is 38.5 Å². The molecule has 0 rings (SSSR count). The van der Waals surface area contributed by atoms with Crippen LogP contribution in [0.1, 0.15) is 194 Å². The Balaban J connectivity index is 0. The fraction of sp³-hybridized carbons (Fsp3) is 0.943. The maximum atomic E-state index is 13.0. The number of unbranched alkanes of at least 4 members (excludes halogenated alkanes) is 24. The summed E-state index contributed by atoms with van der Waals surface area (Å²) in [5, 5.41) is 18.6. The molecule has 0 aromatic carbocycles. The first kappa shape index (κ1) is 47.2.